The number of rotatable bonds is 6. The van der Waals surface area contributed by atoms with Crippen molar-refractivity contribution in [1.82, 2.24) is 14.8 Å². The van der Waals surface area contributed by atoms with Crippen molar-refractivity contribution in [2.24, 2.45) is 11.8 Å². The van der Waals surface area contributed by atoms with Gasteiger partial charge in [0.25, 0.3) is 5.91 Å². The minimum absolute atomic E-state index is 0.0660. The van der Waals surface area contributed by atoms with Crippen LogP contribution in [0, 0.1) is 35.3 Å². The molecule has 10 heteroatoms. The standard InChI is InChI=1S/C28H34F2N4O4/c1-17(2)7-6-8-20-11-22-26(31-13-20)38-25(18(3)14-34(27(22)36)19(4)16-35)15-33(5)28(37)32-24-12-21(29)9-10-23(24)30/h9-13,17-19,25,35H,7,14-16H2,1-5H3,(H,32,37)/t18-,19+,25-/m0/s1. The van der Waals surface area contributed by atoms with Crippen LogP contribution in [0.5, 0.6) is 5.88 Å². The predicted molar refractivity (Wildman–Crippen MR) is 140 cm³/mol. The summed E-state index contributed by atoms with van der Waals surface area (Å²) in [5.41, 5.74) is 0.504. The van der Waals surface area contributed by atoms with E-state index < -0.39 is 29.8 Å². The SMILES string of the molecule is CC(C)CC#Cc1cnc2c(c1)C(=O)N([C@H](C)CO)C[C@H](C)[C@H](CN(C)C(=O)Nc1cc(F)ccc1F)O2. The number of likely N-dealkylation sites (N-methyl/N-ethyl adjacent to an activating group) is 1. The van der Waals surface area contributed by atoms with Gasteiger partial charge in [0, 0.05) is 43.8 Å². The first-order valence-electron chi connectivity index (χ1n) is 12.5. The summed E-state index contributed by atoms with van der Waals surface area (Å²) in [5, 5.41) is 12.2. The lowest BCUT2D eigenvalue weighted by atomic mass is 10.00. The number of pyridine rings is 1. The van der Waals surface area contributed by atoms with Gasteiger partial charge in [-0.3, -0.25) is 4.79 Å². The Bertz CT molecular complexity index is 1230. The molecular formula is C28H34F2N4O4. The molecule has 0 fully saturated rings. The molecule has 1 aliphatic rings. The molecule has 38 heavy (non-hydrogen) atoms. The Hall–Kier alpha value is -3.71. The molecule has 1 aliphatic heterocycles. The van der Waals surface area contributed by atoms with Gasteiger partial charge in [-0.1, -0.05) is 32.6 Å². The lowest BCUT2D eigenvalue weighted by Crippen LogP contribution is -2.50. The molecule has 3 amide bonds. The highest BCUT2D eigenvalue weighted by molar-refractivity contribution is 5.97. The van der Waals surface area contributed by atoms with Crippen molar-refractivity contribution in [2.45, 2.75) is 46.3 Å². The largest absolute Gasteiger partial charge is 0.472 e. The maximum Gasteiger partial charge on any atom is 0.321 e. The van der Waals surface area contributed by atoms with Gasteiger partial charge in [-0.2, -0.15) is 0 Å². The van der Waals surface area contributed by atoms with Crippen LogP contribution < -0.4 is 10.1 Å². The minimum atomic E-state index is -0.763. The van der Waals surface area contributed by atoms with Crippen LogP contribution in [0.4, 0.5) is 19.3 Å². The molecule has 0 radical (unpaired) electrons. The number of nitrogens with zero attached hydrogens (tertiary/aromatic N) is 3. The van der Waals surface area contributed by atoms with Crippen LogP contribution in [0.15, 0.2) is 30.5 Å². The Balaban J connectivity index is 1.88. The van der Waals surface area contributed by atoms with Gasteiger partial charge in [-0.25, -0.2) is 18.6 Å². The number of halogens is 2. The number of hydrogen-bond donors (Lipinski definition) is 2. The van der Waals surface area contributed by atoms with Crippen molar-refractivity contribution in [2.75, 3.05) is 32.1 Å². The third-order valence-electron chi connectivity index (χ3n) is 6.23. The number of aliphatic hydroxyl groups is 1. The second-order valence-electron chi connectivity index (χ2n) is 10.0. The molecular weight excluding hydrogens is 494 g/mol. The van der Waals surface area contributed by atoms with Crippen LogP contribution in [0.1, 0.15) is 50.0 Å². The number of carbonyl (C=O) groups excluding carboxylic acids is 2. The van der Waals surface area contributed by atoms with Crippen molar-refractivity contribution in [3.63, 3.8) is 0 Å². The second kappa shape index (κ2) is 12.7. The van der Waals surface area contributed by atoms with Gasteiger partial charge in [0.2, 0.25) is 5.88 Å². The summed E-state index contributed by atoms with van der Waals surface area (Å²) < 4.78 is 33.7. The first kappa shape index (κ1) is 28.9. The Labute approximate surface area is 222 Å². The van der Waals surface area contributed by atoms with Crippen LogP contribution in [-0.4, -0.2) is 70.7 Å². The van der Waals surface area contributed by atoms with E-state index in [1.807, 2.05) is 6.92 Å². The highest BCUT2D eigenvalue weighted by atomic mass is 19.1. The van der Waals surface area contributed by atoms with Gasteiger partial charge in [0.15, 0.2) is 0 Å². The molecule has 204 valence electrons. The van der Waals surface area contributed by atoms with E-state index in [1.165, 1.54) is 18.1 Å². The summed E-state index contributed by atoms with van der Waals surface area (Å²) in [6, 6.07) is 3.30. The Morgan fingerprint density at radius 1 is 1.32 bits per heavy atom. The first-order chi connectivity index (χ1) is 18.0. The van der Waals surface area contributed by atoms with Crippen LogP contribution in [-0.2, 0) is 0 Å². The number of anilines is 1. The van der Waals surface area contributed by atoms with Crippen LogP contribution in [0.3, 0.4) is 0 Å². The third-order valence-corrected chi connectivity index (χ3v) is 6.23. The predicted octanol–water partition coefficient (Wildman–Crippen LogP) is 4.14. The molecule has 2 heterocycles. The monoisotopic (exact) mass is 528 g/mol. The molecule has 8 nitrogen and oxygen atoms in total. The first-order valence-corrected chi connectivity index (χ1v) is 12.5. The number of aliphatic hydroxyl groups excluding tert-OH is 1. The van der Waals surface area contributed by atoms with Gasteiger partial charge in [-0.05, 0) is 31.0 Å². The summed E-state index contributed by atoms with van der Waals surface area (Å²) in [6.45, 7) is 7.82. The smallest absolute Gasteiger partial charge is 0.321 e. The summed E-state index contributed by atoms with van der Waals surface area (Å²) in [5.74, 6) is 4.57. The van der Waals surface area contributed by atoms with Crippen LogP contribution in [0.25, 0.3) is 0 Å². The molecule has 0 saturated heterocycles. The number of nitrogens with one attached hydrogen (secondary N) is 1. The summed E-state index contributed by atoms with van der Waals surface area (Å²) in [6.07, 6.45) is 1.63. The molecule has 0 unspecified atom stereocenters. The fourth-order valence-corrected chi connectivity index (χ4v) is 3.90. The van der Waals surface area contributed by atoms with Crippen molar-refractivity contribution >= 4 is 17.6 Å². The molecule has 2 N–H and O–H groups in total. The van der Waals surface area contributed by atoms with Crippen molar-refractivity contribution in [1.29, 1.82) is 0 Å². The summed E-state index contributed by atoms with van der Waals surface area (Å²) in [4.78, 5) is 33.5. The van der Waals surface area contributed by atoms with E-state index in [1.54, 1.807) is 17.9 Å². The Morgan fingerprint density at radius 3 is 2.74 bits per heavy atom. The van der Waals surface area contributed by atoms with Gasteiger partial charge in [-0.15, -0.1) is 0 Å². The van der Waals surface area contributed by atoms with E-state index in [2.05, 4.69) is 36.0 Å². The molecule has 3 rings (SSSR count). The topological polar surface area (TPSA) is 95.0 Å². The highest BCUT2D eigenvalue weighted by Gasteiger charge is 2.34. The maximum atomic E-state index is 14.0. The number of urea groups is 1. The second-order valence-corrected chi connectivity index (χ2v) is 10.0. The molecule has 0 saturated carbocycles. The van der Waals surface area contributed by atoms with Gasteiger partial charge < -0.3 is 25.0 Å². The number of ether oxygens (including phenoxy) is 1. The zero-order valence-corrected chi connectivity index (χ0v) is 22.3. The molecule has 0 aliphatic carbocycles. The van der Waals surface area contributed by atoms with E-state index in [4.69, 9.17) is 4.74 Å². The summed E-state index contributed by atoms with van der Waals surface area (Å²) in [7, 11) is 1.50. The minimum Gasteiger partial charge on any atom is -0.472 e. The fraction of sp³-hybridized carbons (Fsp3) is 0.464. The molecule has 0 bridgehead atoms. The zero-order chi connectivity index (χ0) is 28.0. The van der Waals surface area contributed by atoms with Crippen molar-refractivity contribution in [3.05, 3.63) is 53.2 Å². The van der Waals surface area contributed by atoms with E-state index in [-0.39, 0.29) is 48.7 Å². The summed E-state index contributed by atoms with van der Waals surface area (Å²) >= 11 is 0. The number of amides is 3. The number of carbonyl (C=O) groups is 2. The molecule has 0 spiro atoms. The van der Waals surface area contributed by atoms with Crippen LogP contribution >= 0.6 is 0 Å². The third kappa shape index (κ3) is 7.19. The Kier molecular flexibility index (Phi) is 9.64. The number of hydrogen-bond acceptors (Lipinski definition) is 5. The average molecular weight is 529 g/mol. The molecule has 1 aromatic heterocycles. The fourth-order valence-electron chi connectivity index (χ4n) is 3.90. The lowest BCUT2D eigenvalue weighted by molar-refractivity contribution is 0.0356. The number of aromatic nitrogens is 1. The molecule has 1 aromatic carbocycles. The average Bonchev–Trinajstić information content (AvgIpc) is 2.87. The van der Waals surface area contributed by atoms with E-state index >= 15 is 0 Å². The van der Waals surface area contributed by atoms with E-state index in [0.717, 1.165) is 18.2 Å². The van der Waals surface area contributed by atoms with Gasteiger partial charge >= 0.3 is 6.03 Å². The highest BCUT2D eigenvalue weighted by Crippen LogP contribution is 2.27. The van der Waals surface area contributed by atoms with E-state index in [0.29, 0.717) is 17.9 Å². The molecule has 2 aromatic rings. The zero-order valence-electron chi connectivity index (χ0n) is 22.3. The van der Waals surface area contributed by atoms with Crippen LogP contribution in [0.2, 0.25) is 0 Å². The van der Waals surface area contributed by atoms with Crippen molar-refractivity contribution in [3.8, 4) is 17.7 Å². The van der Waals surface area contributed by atoms with E-state index in [9.17, 15) is 23.5 Å². The normalized spacial score (nSPS) is 17.9. The van der Waals surface area contributed by atoms with Gasteiger partial charge in [0.1, 0.15) is 23.3 Å². The van der Waals surface area contributed by atoms with Gasteiger partial charge in [0.05, 0.1) is 24.9 Å². The number of fused-ring (bicyclic) bond motifs is 1. The molecule has 3 atom stereocenters. The lowest BCUT2D eigenvalue weighted by Gasteiger charge is -2.37. The maximum absolute atomic E-state index is 14.0. The Morgan fingerprint density at radius 2 is 2.05 bits per heavy atom. The quantitative estimate of drug-likeness (QED) is 0.550. The number of benzene rings is 1. The van der Waals surface area contributed by atoms with Crippen molar-refractivity contribution < 1.29 is 28.2 Å².